The summed E-state index contributed by atoms with van der Waals surface area (Å²) < 4.78 is 0. The van der Waals surface area contributed by atoms with E-state index in [1.165, 1.54) is 0 Å². The first-order chi connectivity index (χ1) is 10.8. The van der Waals surface area contributed by atoms with Crippen LogP contribution >= 0.6 is 0 Å². The second-order valence-electron chi connectivity index (χ2n) is 4.95. The number of guanidine groups is 1. The van der Waals surface area contributed by atoms with Gasteiger partial charge in [0.05, 0.1) is 13.0 Å². The molecule has 0 saturated carbocycles. The summed E-state index contributed by atoms with van der Waals surface area (Å²) in [6.45, 7) is -0.0635. The van der Waals surface area contributed by atoms with Crippen molar-refractivity contribution in [1.82, 2.24) is 16.0 Å². The molecule has 0 aromatic rings. The number of carboxylic acid groups (broad SMARTS) is 1. The maximum atomic E-state index is 12.1. The van der Waals surface area contributed by atoms with Gasteiger partial charge in [0.2, 0.25) is 17.7 Å². The van der Waals surface area contributed by atoms with Gasteiger partial charge in [0, 0.05) is 6.54 Å². The molecule has 0 bridgehead atoms. The molecule has 1 rings (SSSR count). The van der Waals surface area contributed by atoms with Gasteiger partial charge in [-0.25, -0.2) is 0 Å². The normalized spacial score (nSPS) is 21.8. The highest BCUT2D eigenvalue weighted by Crippen LogP contribution is 2.03. The molecule has 2 atom stereocenters. The van der Waals surface area contributed by atoms with Crippen LogP contribution in [0, 0.1) is 0 Å². The first-order valence-electron chi connectivity index (χ1n) is 6.94. The molecular formula is C12H20N6O5. The molecule has 11 nitrogen and oxygen atoms in total. The van der Waals surface area contributed by atoms with Crippen molar-refractivity contribution >= 4 is 29.7 Å². The van der Waals surface area contributed by atoms with Crippen LogP contribution in [-0.4, -0.2) is 59.9 Å². The molecule has 1 saturated heterocycles. The Morgan fingerprint density at radius 2 is 1.87 bits per heavy atom. The Morgan fingerprint density at radius 1 is 1.17 bits per heavy atom. The fourth-order valence-corrected chi connectivity index (χ4v) is 1.96. The molecular weight excluding hydrogens is 308 g/mol. The minimum absolute atomic E-state index is 0.0794. The van der Waals surface area contributed by atoms with Crippen LogP contribution in [0.2, 0.25) is 0 Å². The molecule has 0 radical (unpaired) electrons. The van der Waals surface area contributed by atoms with Crippen molar-refractivity contribution in [3.8, 4) is 0 Å². The summed E-state index contributed by atoms with van der Waals surface area (Å²) in [4.78, 5) is 50.1. The van der Waals surface area contributed by atoms with Crippen molar-refractivity contribution in [3.63, 3.8) is 0 Å². The lowest BCUT2D eigenvalue weighted by Crippen LogP contribution is -2.51. The van der Waals surface area contributed by atoms with Crippen molar-refractivity contribution in [3.05, 3.63) is 0 Å². The summed E-state index contributed by atoms with van der Waals surface area (Å²) in [6, 6.07) is -2.14. The highest BCUT2D eigenvalue weighted by molar-refractivity contribution is 5.97. The molecule has 0 spiro atoms. The molecule has 0 aliphatic carbocycles. The van der Waals surface area contributed by atoms with E-state index in [1.807, 2.05) is 0 Å². The number of aliphatic carboxylic acids is 1. The first-order valence-corrected chi connectivity index (χ1v) is 6.94. The number of nitrogens with two attached hydrogens (primary N) is 2. The van der Waals surface area contributed by atoms with Crippen molar-refractivity contribution in [1.29, 1.82) is 0 Å². The van der Waals surface area contributed by atoms with Crippen molar-refractivity contribution < 1.29 is 24.3 Å². The Hall–Kier alpha value is -2.85. The smallest absolute Gasteiger partial charge is 0.305 e. The number of aliphatic imine (C=N–C) groups is 1. The maximum absolute atomic E-state index is 12.1. The number of nitrogens with zero attached hydrogens (tertiary/aromatic N) is 1. The van der Waals surface area contributed by atoms with Gasteiger partial charge in [0.25, 0.3) is 0 Å². The number of nitrogens with one attached hydrogen (secondary N) is 3. The monoisotopic (exact) mass is 328 g/mol. The summed E-state index contributed by atoms with van der Waals surface area (Å²) in [6.07, 6.45) is 0.0794. The number of rotatable bonds is 6. The lowest BCUT2D eigenvalue weighted by molar-refractivity contribution is -0.140. The van der Waals surface area contributed by atoms with Gasteiger partial charge in [-0.05, 0) is 12.8 Å². The third-order valence-electron chi connectivity index (χ3n) is 3.03. The molecule has 1 heterocycles. The predicted molar refractivity (Wildman–Crippen MR) is 79.0 cm³/mol. The largest absolute Gasteiger partial charge is 0.481 e. The van der Waals surface area contributed by atoms with Gasteiger partial charge in [-0.15, -0.1) is 0 Å². The minimum atomic E-state index is -1.24. The van der Waals surface area contributed by atoms with Crippen LogP contribution in [0.1, 0.15) is 19.3 Å². The zero-order chi connectivity index (χ0) is 17.4. The summed E-state index contributed by atoms with van der Waals surface area (Å²) in [5.41, 5.74) is 10.4. The van der Waals surface area contributed by atoms with Crippen molar-refractivity contribution in [2.75, 3.05) is 13.1 Å². The quantitative estimate of drug-likeness (QED) is 0.166. The third-order valence-corrected chi connectivity index (χ3v) is 3.03. The van der Waals surface area contributed by atoms with Crippen LogP contribution in [0.25, 0.3) is 0 Å². The Bertz CT molecular complexity index is 516. The summed E-state index contributed by atoms with van der Waals surface area (Å²) in [5, 5.41) is 15.9. The Morgan fingerprint density at radius 3 is 2.48 bits per heavy atom. The van der Waals surface area contributed by atoms with Gasteiger partial charge >= 0.3 is 5.97 Å². The number of carboxylic acids is 1. The van der Waals surface area contributed by atoms with Gasteiger partial charge < -0.3 is 32.5 Å². The van der Waals surface area contributed by atoms with E-state index in [-0.39, 0.29) is 25.5 Å². The molecule has 23 heavy (non-hydrogen) atoms. The number of carbonyl (C=O) groups is 4. The van der Waals surface area contributed by atoms with Gasteiger partial charge in [-0.2, -0.15) is 0 Å². The average molecular weight is 328 g/mol. The highest BCUT2D eigenvalue weighted by Gasteiger charge is 2.30. The van der Waals surface area contributed by atoms with E-state index in [2.05, 4.69) is 20.9 Å². The van der Waals surface area contributed by atoms with E-state index in [4.69, 9.17) is 16.6 Å². The number of hydrogen-bond acceptors (Lipinski definition) is 5. The number of amides is 3. The van der Waals surface area contributed by atoms with Crippen LogP contribution in [0.3, 0.4) is 0 Å². The van der Waals surface area contributed by atoms with Gasteiger partial charge in [-0.1, -0.05) is 0 Å². The van der Waals surface area contributed by atoms with E-state index in [0.29, 0.717) is 6.42 Å². The molecule has 1 aliphatic rings. The number of hydrogen-bond donors (Lipinski definition) is 6. The van der Waals surface area contributed by atoms with E-state index in [1.54, 1.807) is 0 Å². The highest BCUT2D eigenvalue weighted by atomic mass is 16.4. The predicted octanol–water partition coefficient (Wildman–Crippen LogP) is -3.39. The van der Waals surface area contributed by atoms with E-state index >= 15 is 0 Å². The molecule has 0 aromatic heterocycles. The molecule has 0 unspecified atom stereocenters. The molecule has 1 aliphatic heterocycles. The Labute approximate surface area is 131 Å². The lowest BCUT2D eigenvalue weighted by atomic mass is 10.1. The van der Waals surface area contributed by atoms with E-state index in [9.17, 15) is 19.2 Å². The Kier molecular flexibility index (Phi) is 6.77. The maximum Gasteiger partial charge on any atom is 0.305 e. The molecule has 128 valence electrons. The second kappa shape index (κ2) is 8.56. The zero-order valence-corrected chi connectivity index (χ0v) is 12.4. The van der Waals surface area contributed by atoms with Crippen molar-refractivity contribution in [2.45, 2.75) is 31.3 Å². The third kappa shape index (κ3) is 6.63. The molecule has 11 heteroatoms. The molecule has 0 aromatic carbocycles. The topological polar surface area (TPSA) is 189 Å². The van der Waals surface area contributed by atoms with Crippen LogP contribution < -0.4 is 27.4 Å². The summed E-state index contributed by atoms with van der Waals surface area (Å²) in [5.74, 6) is -3.22. The number of carbonyl (C=O) groups excluding carboxylic acids is 3. The zero-order valence-electron chi connectivity index (χ0n) is 12.4. The second-order valence-corrected chi connectivity index (χ2v) is 4.95. The summed E-state index contributed by atoms with van der Waals surface area (Å²) in [7, 11) is 0. The first kappa shape index (κ1) is 18.2. The van der Waals surface area contributed by atoms with E-state index < -0.39 is 42.2 Å². The minimum Gasteiger partial charge on any atom is -0.481 e. The lowest BCUT2D eigenvalue weighted by Gasteiger charge is -2.19. The summed E-state index contributed by atoms with van der Waals surface area (Å²) >= 11 is 0. The fourth-order valence-electron chi connectivity index (χ4n) is 1.96. The van der Waals surface area contributed by atoms with Crippen LogP contribution in [0.5, 0.6) is 0 Å². The van der Waals surface area contributed by atoms with E-state index in [0.717, 1.165) is 0 Å². The van der Waals surface area contributed by atoms with Crippen LogP contribution in [-0.2, 0) is 19.2 Å². The average Bonchev–Trinajstić information content (AvgIpc) is 2.49. The molecule has 8 N–H and O–H groups in total. The van der Waals surface area contributed by atoms with Gasteiger partial charge in [0.1, 0.15) is 12.1 Å². The molecule has 3 amide bonds. The SMILES string of the molecule is NC(N)=NCCC[C@@H]1NC(=O)CNC(=O)[C@H](CC(=O)O)NC1=O. The van der Waals surface area contributed by atoms with Crippen LogP contribution in [0.15, 0.2) is 4.99 Å². The fraction of sp³-hybridized carbons (Fsp3) is 0.583. The standard InChI is InChI=1S/C12H20N6O5/c13-12(14)15-3-1-2-6-11(23)18-7(4-9(20)21)10(22)16-5-8(19)17-6/h6-7H,1-5H2,(H,16,22)(H,17,19)(H,18,23)(H,20,21)(H4,13,14,15)/t6-,7-/m0/s1. The van der Waals surface area contributed by atoms with Crippen LogP contribution in [0.4, 0.5) is 0 Å². The van der Waals surface area contributed by atoms with Gasteiger partial charge in [-0.3, -0.25) is 24.2 Å². The molecule has 1 fully saturated rings. The van der Waals surface area contributed by atoms with Crippen molar-refractivity contribution in [2.24, 2.45) is 16.5 Å². The van der Waals surface area contributed by atoms with Gasteiger partial charge in [0.15, 0.2) is 5.96 Å². The Balaban J connectivity index is 2.75.